The van der Waals surface area contributed by atoms with Gasteiger partial charge in [-0.2, -0.15) is 0 Å². The summed E-state index contributed by atoms with van der Waals surface area (Å²) in [7, 11) is 0. The highest BCUT2D eigenvalue weighted by molar-refractivity contribution is 5.83. The lowest BCUT2D eigenvalue weighted by Crippen LogP contribution is -2.47. The zero-order valence-corrected chi connectivity index (χ0v) is 10.3. The Bertz CT molecular complexity index is 377. The Morgan fingerprint density at radius 2 is 2.12 bits per heavy atom. The Morgan fingerprint density at radius 3 is 2.76 bits per heavy atom. The third-order valence-electron chi connectivity index (χ3n) is 3.44. The molecule has 0 bridgehead atoms. The number of hydrogen-bond acceptors (Lipinski definition) is 2. The molecule has 1 aliphatic heterocycles. The fraction of sp³-hybridized carbons (Fsp3) is 0.500. The molecule has 0 aromatic heterocycles. The molecule has 0 unspecified atom stereocenters. The molecule has 1 heterocycles. The molecule has 1 aliphatic rings. The SMILES string of the molecule is C[C@@H](C(=O)N1CCC[C@H](N)C1)c1ccccc1. The molecular formula is C14H20N2O. The molecular weight excluding hydrogens is 212 g/mol. The summed E-state index contributed by atoms with van der Waals surface area (Å²) in [4.78, 5) is 14.2. The number of carbonyl (C=O) groups excluding carboxylic acids is 1. The molecule has 2 N–H and O–H groups in total. The minimum Gasteiger partial charge on any atom is -0.341 e. The van der Waals surface area contributed by atoms with Crippen LogP contribution in [0.2, 0.25) is 0 Å². The number of rotatable bonds is 2. The second kappa shape index (κ2) is 5.32. The van der Waals surface area contributed by atoms with Gasteiger partial charge in [-0.3, -0.25) is 4.79 Å². The molecule has 1 fully saturated rings. The van der Waals surface area contributed by atoms with Crippen molar-refractivity contribution in [1.29, 1.82) is 0 Å². The van der Waals surface area contributed by atoms with Gasteiger partial charge in [0.2, 0.25) is 5.91 Å². The first kappa shape index (κ1) is 12.1. The summed E-state index contributed by atoms with van der Waals surface area (Å²) < 4.78 is 0. The van der Waals surface area contributed by atoms with Crippen LogP contribution in [-0.4, -0.2) is 29.9 Å². The lowest BCUT2D eigenvalue weighted by atomic mass is 9.98. The molecule has 0 spiro atoms. The zero-order valence-electron chi connectivity index (χ0n) is 10.3. The first-order valence-electron chi connectivity index (χ1n) is 6.28. The van der Waals surface area contributed by atoms with E-state index in [-0.39, 0.29) is 17.9 Å². The van der Waals surface area contributed by atoms with E-state index >= 15 is 0 Å². The lowest BCUT2D eigenvalue weighted by molar-refractivity contribution is -0.133. The quantitative estimate of drug-likeness (QED) is 0.844. The molecule has 1 saturated heterocycles. The summed E-state index contributed by atoms with van der Waals surface area (Å²) in [6.07, 6.45) is 2.05. The lowest BCUT2D eigenvalue weighted by Gasteiger charge is -2.32. The summed E-state index contributed by atoms with van der Waals surface area (Å²) in [5.41, 5.74) is 6.99. The summed E-state index contributed by atoms with van der Waals surface area (Å²) in [5.74, 6) is 0.132. The molecule has 0 radical (unpaired) electrons. The van der Waals surface area contributed by atoms with Crippen molar-refractivity contribution in [2.75, 3.05) is 13.1 Å². The largest absolute Gasteiger partial charge is 0.341 e. The van der Waals surface area contributed by atoms with Gasteiger partial charge in [-0.25, -0.2) is 0 Å². The molecule has 1 amide bonds. The monoisotopic (exact) mass is 232 g/mol. The van der Waals surface area contributed by atoms with Crippen molar-refractivity contribution in [2.24, 2.45) is 5.73 Å². The van der Waals surface area contributed by atoms with Crippen molar-refractivity contribution in [3.8, 4) is 0 Å². The maximum Gasteiger partial charge on any atom is 0.229 e. The van der Waals surface area contributed by atoms with Gasteiger partial charge >= 0.3 is 0 Å². The van der Waals surface area contributed by atoms with Crippen LogP contribution in [0.25, 0.3) is 0 Å². The van der Waals surface area contributed by atoms with Crippen molar-refractivity contribution >= 4 is 5.91 Å². The van der Waals surface area contributed by atoms with Gasteiger partial charge < -0.3 is 10.6 Å². The van der Waals surface area contributed by atoms with Crippen molar-refractivity contribution in [3.63, 3.8) is 0 Å². The molecule has 2 atom stereocenters. The minimum absolute atomic E-state index is 0.0681. The van der Waals surface area contributed by atoms with Crippen LogP contribution in [0.1, 0.15) is 31.2 Å². The number of piperidine rings is 1. The summed E-state index contributed by atoms with van der Waals surface area (Å²) in [6.45, 7) is 3.53. The van der Waals surface area contributed by atoms with E-state index in [0.29, 0.717) is 6.54 Å². The fourth-order valence-corrected chi connectivity index (χ4v) is 2.37. The van der Waals surface area contributed by atoms with Crippen molar-refractivity contribution < 1.29 is 4.79 Å². The normalized spacial score (nSPS) is 22.2. The minimum atomic E-state index is -0.0681. The zero-order chi connectivity index (χ0) is 12.3. The predicted molar refractivity (Wildman–Crippen MR) is 68.6 cm³/mol. The van der Waals surface area contributed by atoms with Crippen LogP contribution in [0.5, 0.6) is 0 Å². The number of hydrogen-bond donors (Lipinski definition) is 1. The van der Waals surface area contributed by atoms with Crippen LogP contribution in [-0.2, 0) is 4.79 Å². The van der Waals surface area contributed by atoms with E-state index in [0.717, 1.165) is 24.9 Å². The van der Waals surface area contributed by atoms with Crippen molar-refractivity contribution in [1.82, 2.24) is 4.90 Å². The van der Waals surface area contributed by atoms with E-state index < -0.39 is 0 Å². The van der Waals surface area contributed by atoms with Crippen LogP contribution in [0, 0.1) is 0 Å². The van der Waals surface area contributed by atoms with Gasteiger partial charge in [0.25, 0.3) is 0 Å². The van der Waals surface area contributed by atoms with Gasteiger partial charge in [0.15, 0.2) is 0 Å². The van der Waals surface area contributed by atoms with Gasteiger partial charge in [-0.1, -0.05) is 30.3 Å². The van der Waals surface area contributed by atoms with E-state index in [1.165, 1.54) is 0 Å². The van der Waals surface area contributed by atoms with Crippen LogP contribution in [0.3, 0.4) is 0 Å². The molecule has 17 heavy (non-hydrogen) atoms. The van der Waals surface area contributed by atoms with Crippen LogP contribution in [0.4, 0.5) is 0 Å². The highest BCUT2D eigenvalue weighted by Crippen LogP contribution is 2.20. The Balaban J connectivity index is 2.04. The molecule has 1 aromatic rings. The summed E-state index contributed by atoms with van der Waals surface area (Å²) in [5, 5.41) is 0. The molecule has 0 saturated carbocycles. The second-order valence-corrected chi connectivity index (χ2v) is 4.82. The number of nitrogens with zero attached hydrogens (tertiary/aromatic N) is 1. The van der Waals surface area contributed by atoms with Crippen molar-refractivity contribution in [2.45, 2.75) is 31.7 Å². The third kappa shape index (κ3) is 2.86. The van der Waals surface area contributed by atoms with Gasteiger partial charge in [-0.15, -0.1) is 0 Å². The topological polar surface area (TPSA) is 46.3 Å². The average molecular weight is 232 g/mol. The van der Waals surface area contributed by atoms with E-state index in [2.05, 4.69) is 0 Å². The maximum absolute atomic E-state index is 12.3. The molecule has 3 heteroatoms. The van der Waals surface area contributed by atoms with E-state index in [1.54, 1.807) is 0 Å². The second-order valence-electron chi connectivity index (χ2n) is 4.82. The average Bonchev–Trinajstić information content (AvgIpc) is 2.38. The molecule has 0 aliphatic carbocycles. The van der Waals surface area contributed by atoms with Gasteiger partial charge in [-0.05, 0) is 25.3 Å². The van der Waals surface area contributed by atoms with E-state index in [9.17, 15) is 4.79 Å². The fourth-order valence-electron chi connectivity index (χ4n) is 2.37. The number of nitrogens with two attached hydrogens (primary N) is 1. The first-order valence-corrected chi connectivity index (χ1v) is 6.28. The molecule has 92 valence electrons. The van der Waals surface area contributed by atoms with E-state index in [1.807, 2.05) is 42.2 Å². The van der Waals surface area contributed by atoms with E-state index in [4.69, 9.17) is 5.73 Å². The highest BCUT2D eigenvalue weighted by Gasteiger charge is 2.25. The third-order valence-corrected chi connectivity index (χ3v) is 3.44. The first-order chi connectivity index (χ1) is 8.18. The molecule has 1 aromatic carbocycles. The number of amides is 1. The molecule has 2 rings (SSSR count). The molecule has 3 nitrogen and oxygen atoms in total. The number of carbonyl (C=O) groups is 1. The Morgan fingerprint density at radius 1 is 1.41 bits per heavy atom. The van der Waals surface area contributed by atoms with Gasteiger partial charge in [0.05, 0.1) is 5.92 Å². The highest BCUT2D eigenvalue weighted by atomic mass is 16.2. The summed E-state index contributed by atoms with van der Waals surface area (Å²) >= 11 is 0. The Kier molecular flexibility index (Phi) is 3.79. The van der Waals surface area contributed by atoms with Crippen LogP contribution < -0.4 is 5.73 Å². The predicted octanol–water partition coefficient (Wildman–Crippen LogP) is 1.74. The Labute approximate surface area is 103 Å². The Hall–Kier alpha value is -1.35. The summed E-state index contributed by atoms with van der Waals surface area (Å²) in [6, 6.07) is 10.1. The smallest absolute Gasteiger partial charge is 0.229 e. The van der Waals surface area contributed by atoms with Crippen molar-refractivity contribution in [3.05, 3.63) is 35.9 Å². The number of benzene rings is 1. The van der Waals surface area contributed by atoms with Gasteiger partial charge in [0, 0.05) is 19.1 Å². The standard InChI is InChI=1S/C14H20N2O/c1-11(12-6-3-2-4-7-12)14(17)16-9-5-8-13(15)10-16/h2-4,6-7,11,13H,5,8-10,15H2,1H3/t11-,13+/m1/s1. The van der Waals surface area contributed by atoms with Crippen LogP contribution >= 0.6 is 0 Å². The van der Waals surface area contributed by atoms with Crippen LogP contribution in [0.15, 0.2) is 30.3 Å². The van der Waals surface area contributed by atoms with Gasteiger partial charge in [0.1, 0.15) is 0 Å². The number of likely N-dealkylation sites (tertiary alicyclic amines) is 1. The maximum atomic E-state index is 12.3.